The zero-order chi connectivity index (χ0) is 20.7. The van der Waals surface area contributed by atoms with Gasteiger partial charge in [-0.3, -0.25) is 4.79 Å². The van der Waals surface area contributed by atoms with Crippen molar-refractivity contribution in [3.05, 3.63) is 59.1 Å². The molecule has 0 bridgehead atoms. The molecule has 0 fully saturated rings. The van der Waals surface area contributed by atoms with Gasteiger partial charge in [-0.25, -0.2) is 14.5 Å². The summed E-state index contributed by atoms with van der Waals surface area (Å²) >= 11 is 7.75. The van der Waals surface area contributed by atoms with Crippen LogP contribution in [0.2, 0.25) is 5.15 Å². The van der Waals surface area contributed by atoms with Crippen molar-refractivity contribution in [2.24, 2.45) is 0 Å². The van der Waals surface area contributed by atoms with E-state index < -0.39 is 0 Å². The average Bonchev–Trinajstić information content (AvgIpc) is 3.29. The van der Waals surface area contributed by atoms with Crippen LogP contribution < -0.4 is 10.6 Å². The Bertz CT molecular complexity index is 1390. The average molecular weight is 436 g/mol. The molecule has 148 valence electrons. The summed E-state index contributed by atoms with van der Waals surface area (Å²) in [6, 6.07) is 15.0. The maximum Gasteiger partial charge on any atom is 0.249 e. The van der Waals surface area contributed by atoms with Gasteiger partial charge < -0.3 is 10.6 Å². The Kier molecular flexibility index (Phi) is 4.53. The maximum atomic E-state index is 11.2. The first-order chi connectivity index (χ1) is 14.6. The Hall–Kier alpha value is -3.56. The number of nitrogens with zero attached hydrogens (tertiary/aromatic N) is 5. The van der Waals surface area contributed by atoms with Crippen LogP contribution in [0.25, 0.3) is 27.3 Å². The summed E-state index contributed by atoms with van der Waals surface area (Å²) in [7, 11) is 0. The molecular formula is C20H14ClN7OS. The zero-order valence-electron chi connectivity index (χ0n) is 15.6. The smallest absolute Gasteiger partial charge is 0.249 e. The molecule has 10 heteroatoms. The van der Waals surface area contributed by atoms with Gasteiger partial charge in [-0.15, -0.1) is 16.4 Å². The van der Waals surface area contributed by atoms with Crippen molar-refractivity contribution in [3.63, 3.8) is 0 Å². The first kappa shape index (κ1) is 18.5. The lowest BCUT2D eigenvalue weighted by Gasteiger charge is -2.05. The molecule has 3 heterocycles. The fraction of sp³-hybridized carbons (Fsp3) is 0.0500. The van der Waals surface area contributed by atoms with Crippen molar-refractivity contribution >= 4 is 62.3 Å². The molecule has 0 unspecified atom stereocenters. The molecule has 0 radical (unpaired) electrons. The number of thiazole rings is 1. The van der Waals surface area contributed by atoms with Crippen LogP contribution >= 0.6 is 22.9 Å². The second-order valence-electron chi connectivity index (χ2n) is 6.49. The fourth-order valence-electron chi connectivity index (χ4n) is 3.02. The number of benzene rings is 2. The maximum absolute atomic E-state index is 11.2. The lowest BCUT2D eigenvalue weighted by atomic mass is 10.1. The number of carbonyl (C=O) groups is 1. The molecule has 2 aromatic carbocycles. The van der Waals surface area contributed by atoms with Crippen molar-refractivity contribution in [1.29, 1.82) is 0 Å². The molecule has 3 aromatic heterocycles. The minimum absolute atomic E-state index is 0.108. The van der Waals surface area contributed by atoms with Crippen LogP contribution in [0.1, 0.15) is 6.92 Å². The number of carbonyl (C=O) groups excluding carboxylic acids is 1. The second kappa shape index (κ2) is 7.36. The quantitative estimate of drug-likeness (QED) is 0.422. The lowest BCUT2D eigenvalue weighted by Crippen LogP contribution is -2.05. The van der Waals surface area contributed by atoms with Gasteiger partial charge in [0.1, 0.15) is 0 Å². The minimum atomic E-state index is -0.108. The fourth-order valence-corrected chi connectivity index (χ4v) is 4.04. The van der Waals surface area contributed by atoms with Gasteiger partial charge in [0.05, 0.1) is 16.7 Å². The summed E-state index contributed by atoms with van der Waals surface area (Å²) in [6.07, 6.45) is 0. The molecule has 0 aliphatic carbocycles. The highest BCUT2D eigenvalue weighted by Gasteiger charge is 2.14. The molecule has 30 heavy (non-hydrogen) atoms. The Morgan fingerprint density at radius 1 is 1.03 bits per heavy atom. The molecule has 5 rings (SSSR count). The number of aromatic nitrogens is 5. The SMILES string of the molecule is CC(=O)Nc1ccc(-c2csc3nc(Nc4nc5ccccc5nc4Cl)nn23)cc1. The van der Waals surface area contributed by atoms with E-state index in [0.717, 1.165) is 32.9 Å². The van der Waals surface area contributed by atoms with Crippen molar-refractivity contribution in [3.8, 4) is 11.3 Å². The molecule has 0 saturated carbocycles. The van der Waals surface area contributed by atoms with E-state index >= 15 is 0 Å². The predicted octanol–water partition coefficient (Wildman–Crippen LogP) is 4.76. The van der Waals surface area contributed by atoms with Gasteiger partial charge in [0.25, 0.3) is 0 Å². The minimum Gasteiger partial charge on any atom is -0.326 e. The van der Waals surface area contributed by atoms with E-state index in [9.17, 15) is 4.79 Å². The van der Waals surface area contributed by atoms with Crippen LogP contribution in [0.4, 0.5) is 17.5 Å². The summed E-state index contributed by atoms with van der Waals surface area (Å²) < 4.78 is 1.75. The Morgan fingerprint density at radius 3 is 2.50 bits per heavy atom. The van der Waals surface area contributed by atoms with Crippen LogP contribution in [-0.4, -0.2) is 30.5 Å². The van der Waals surface area contributed by atoms with E-state index in [1.165, 1.54) is 18.3 Å². The molecule has 0 aliphatic rings. The van der Waals surface area contributed by atoms with Crippen molar-refractivity contribution in [1.82, 2.24) is 24.6 Å². The number of nitrogens with one attached hydrogen (secondary N) is 2. The summed E-state index contributed by atoms with van der Waals surface area (Å²) in [6.45, 7) is 1.48. The van der Waals surface area contributed by atoms with E-state index in [2.05, 4.69) is 30.7 Å². The number of anilines is 3. The number of hydrogen-bond acceptors (Lipinski definition) is 7. The number of halogens is 1. The van der Waals surface area contributed by atoms with Crippen LogP contribution in [0.15, 0.2) is 53.9 Å². The molecular weight excluding hydrogens is 422 g/mol. The Balaban J connectivity index is 1.46. The number of hydrogen-bond donors (Lipinski definition) is 2. The van der Waals surface area contributed by atoms with E-state index in [1.54, 1.807) is 4.52 Å². The van der Waals surface area contributed by atoms with Gasteiger partial charge in [0.15, 0.2) is 11.0 Å². The van der Waals surface area contributed by atoms with Crippen molar-refractivity contribution in [2.45, 2.75) is 6.92 Å². The molecule has 0 spiro atoms. The number of fused-ring (bicyclic) bond motifs is 2. The third kappa shape index (κ3) is 3.44. The summed E-state index contributed by atoms with van der Waals surface area (Å²) in [5, 5.41) is 12.6. The van der Waals surface area contributed by atoms with Gasteiger partial charge in [-0.2, -0.15) is 4.98 Å². The molecule has 0 atom stereocenters. The number of para-hydroxylation sites is 2. The standard InChI is InChI=1S/C20H14ClN7OS/c1-11(29)22-13-8-6-12(7-9-13)16-10-30-20-26-19(27-28(16)20)25-18-17(21)23-14-4-2-3-5-15(14)24-18/h2-10H,1H3,(H,22,29)(H,24,25,27). The molecule has 8 nitrogen and oxygen atoms in total. The highest BCUT2D eigenvalue weighted by molar-refractivity contribution is 7.15. The first-order valence-electron chi connectivity index (χ1n) is 8.98. The van der Waals surface area contributed by atoms with E-state index in [0.29, 0.717) is 11.8 Å². The molecule has 1 amide bonds. The normalized spacial score (nSPS) is 11.1. The zero-order valence-corrected chi connectivity index (χ0v) is 17.2. The molecule has 0 saturated heterocycles. The number of rotatable bonds is 4. The highest BCUT2D eigenvalue weighted by atomic mass is 35.5. The highest BCUT2D eigenvalue weighted by Crippen LogP contribution is 2.28. The van der Waals surface area contributed by atoms with Gasteiger partial charge in [-0.1, -0.05) is 35.9 Å². The van der Waals surface area contributed by atoms with Crippen LogP contribution in [0, 0.1) is 0 Å². The predicted molar refractivity (Wildman–Crippen MR) is 118 cm³/mol. The summed E-state index contributed by atoms with van der Waals surface area (Å²) in [4.78, 5) is 25.3. The van der Waals surface area contributed by atoms with E-state index in [-0.39, 0.29) is 11.1 Å². The van der Waals surface area contributed by atoms with Gasteiger partial charge >= 0.3 is 0 Å². The summed E-state index contributed by atoms with van der Waals surface area (Å²) in [5.41, 5.74) is 4.03. The second-order valence-corrected chi connectivity index (χ2v) is 7.68. The van der Waals surface area contributed by atoms with Crippen molar-refractivity contribution < 1.29 is 4.79 Å². The van der Waals surface area contributed by atoms with Crippen LogP contribution in [0.5, 0.6) is 0 Å². The topological polar surface area (TPSA) is 97.1 Å². The summed E-state index contributed by atoms with van der Waals surface area (Å²) in [5.74, 6) is 0.669. The van der Waals surface area contributed by atoms with Crippen molar-refractivity contribution in [2.75, 3.05) is 10.6 Å². The van der Waals surface area contributed by atoms with Gasteiger partial charge in [0, 0.05) is 23.6 Å². The van der Waals surface area contributed by atoms with Crippen LogP contribution in [-0.2, 0) is 4.79 Å². The number of amides is 1. The van der Waals surface area contributed by atoms with Gasteiger partial charge in [0.2, 0.25) is 16.8 Å². The van der Waals surface area contributed by atoms with Gasteiger partial charge in [-0.05, 0) is 24.3 Å². The lowest BCUT2D eigenvalue weighted by molar-refractivity contribution is -0.114. The monoisotopic (exact) mass is 435 g/mol. The van der Waals surface area contributed by atoms with E-state index in [1.807, 2.05) is 53.9 Å². The van der Waals surface area contributed by atoms with Crippen LogP contribution in [0.3, 0.4) is 0 Å². The largest absolute Gasteiger partial charge is 0.326 e. The molecule has 5 aromatic rings. The molecule has 2 N–H and O–H groups in total. The Labute approximate surface area is 179 Å². The third-order valence-electron chi connectivity index (χ3n) is 4.34. The molecule has 0 aliphatic heterocycles. The van der Waals surface area contributed by atoms with E-state index in [4.69, 9.17) is 11.6 Å². The first-order valence-corrected chi connectivity index (χ1v) is 10.2. The third-order valence-corrected chi connectivity index (χ3v) is 5.42. The Morgan fingerprint density at radius 2 is 1.77 bits per heavy atom.